The first-order valence-electron chi connectivity index (χ1n) is 10.4. The van der Waals surface area contributed by atoms with E-state index in [0.717, 1.165) is 25.7 Å². The van der Waals surface area contributed by atoms with E-state index in [0.29, 0.717) is 35.3 Å². The number of ether oxygens (including phenoxy) is 1. The van der Waals surface area contributed by atoms with Crippen molar-refractivity contribution >= 4 is 17.4 Å². The summed E-state index contributed by atoms with van der Waals surface area (Å²) in [5, 5.41) is 12.3. The predicted molar refractivity (Wildman–Crippen MR) is 112 cm³/mol. The molecule has 4 rings (SSSR count). The van der Waals surface area contributed by atoms with Gasteiger partial charge in [0, 0.05) is 24.9 Å². The van der Waals surface area contributed by atoms with Gasteiger partial charge >= 0.3 is 5.97 Å². The number of fused-ring (bicyclic) bond motifs is 1. The molecule has 0 spiro atoms. The summed E-state index contributed by atoms with van der Waals surface area (Å²) in [5.74, 6) is 0.230. The smallest absolute Gasteiger partial charge is 0.343 e. The summed E-state index contributed by atoms with van der Waals surface area (Å²) in [6.07, 6.45) is 8.57. The fourth-order valence-corrected chi connectivity index (χ4v) is 3.93. The summed E-state index contributed by atoms with van der Waals surface area (Å²) >= 11 is 0. The summed E-state index contributed by atoms with van der Waals surface area (Å²) in [7, 11) is 0. The summed E-state index contributed by atoms with van der Waals surface area (Å²) in [4.78, 5) is 25.6. The standard InChI is InChI=1S/C22H23FN6O2/c1-2-31-22(30)17-11-26-21(18-12-25-19-8-5-15(23)13-29(18)19)28-20(17)27-16-6-3-14(4-7-16)9-10-24/h5,8,11-14,16H,2-4,6-7,9H2,1H3,(H,26,27,28)/t14-,16-. The summed E-state index contributed by atoms with van der Waals surface area (Å²) in [6, 6.07) is 5.29. The molecule has 8 nitrogen and oxygen atoms in total. The molecule has 3 heterocycles. The third-order valence-corrected chi connectivity index (χ3v) is 5.55. The van der Waals surface area contributed by atoms with Crippen LogP contribution in [0.25, 0.3) is 17.2 Å². The highest BCUT2D eigenvalue weighted by molar-refractivity contribution is 5.94. The molecule has 3 aromatic rings. The van der Waals surface area contributed by atoms with Crippen LogP contribution in [0.2, 0.25) is 0 Å². The minimum absolute atomic E-state index is 0.130. The SMILES string of the molecule is CCOC(=O)c1cnc(-c2cnc3ccc(F)cn23)nc1N[C@H]1CC[C@H](CC#N)CC1. The van der Waals surface area contributed by atoms with E-state index in [4.69, 9.17) is 10.00 Å². The molecule has 1 fully saturated rings. The van der Waals surface area contributed by atoms with E-state index in [9.17, 15) is 9.18 Å². The maximum Gasteiger partial charge on any atom is 0.343 e. The average molecular weight is 422 g/mol. The molecule has 1 aliphatic rings. The van der Waals surface area contributed by atoms with Crippen molar-refractivity contribution in [2.75, 3.05) is 11.9 Å². The zero-order chi connectivity index (χ0) is 21.8. The second-order valence-electron chi connectivity index (χ2n) is 7.62. The Morgan fingerprint density at radius 1 is 1.29 bits per heavy atom. The van der Waals surface area contributed by atoms with Gasteiger partial charge in [-0.2, -0.15) is 5.26 Å². The number of nitrogens with zero attached hydrogens (tertiary/aromatic N) is 5. The Morgan fingerprint density at radius 2 is 2.10 bits per heavy atom. The van der Waals surface area contributed by atoms with Gasteiger partial charge in [-0.25, -0.2) is 24.1 Å². The van der Waals surface area contributed by atoms with E-state index in [1.54, 1.807) is 23.6 Å². The molecule has 0 bridgehead atoms. The Labute approximate surface area is 179 Å². The van der Waals surface area contributed by atoms with Crippen LogP contribution in [-0.4, -0.2) is 38.0 Å². The molecule has 9 heteroatoms. The van der Waals surface area contributed by atoms with E-state index in [2.05, 4.69) is 26.3 Å². The molecule has 0 amide bonds. The van der Waals surface area contributed by atoms with Crippen molar-refractivity contribution < 1.29 is 13.9 Å². The van der Waals surface area contributed by atoms with Crippen LogP contribution in [0.15, 0.2) is 30.7 Å². The minimum Gasteiger partial charge on any atom is -0.462 e. The Balaban J connectivity index is 1.65. The average Bonchev–Trinajstić information content (AvgIpc) is 3.18. The Kier molecular flexibility index (Phi) is 6.07. The van der Waals surface area contributed by atoms with Crippen LogP contribution >= 0.6 is 0 Å². The normalized spacial score (nSPS) is 18.5. The van der Waals surface area contributed by atoms with Crippen LogP contribution in [0.5, 0.6) is 0 Å². The molecule has 160 valence electrons. The highest BCUT2D eigenvalue weighted by Crippen LogP contribution is 2.30. The molecule has 0 atom stereocenters. The molecule has 1 aliphatic carbocycles. The van der Waals surface area contributed by atoms with E-state index in [1.165, 1.54) is 18.5 Å². The maximum absolute atomic E-state index is 13.8. The van der Waals surface area contributed by atoms with Crippen LogP contribution in [0.1, 0.15) is 49.4 Å². The Hall–Kier alpha value is -3.54. The Bertz CT molecular complexity index is 1130. The third-order valence-electron chi connectivity index (χ3n) is 5.55. The molecule has 1 saturated carbocycles. The van der Waals surface area contributed by atoms with Gasteiger partial charge in [-0.05, 0) is 50.7 Å². The number of carbonyl (C=O) groups is 1. The van der Waals surface area contributed by atoms with Crippen molar-refractivity contribution in [1.29, 1.82) is 5.26 Å². The lowest BCUT2D eigenvalue weighted by molar-refractivity contribution is 0.0526. The second-order valence-corrected chi connectivity index (χ2v) is 7.62. The number of nitrogens with one attached hydrogen (secondary N) is 1. The van der Waals surface area contributed by atoms with Gasteiger partial charge in [-0.1, -0.05) is 0 Å². The molecule has 0 unspecified atom stereocenters. The van der Waals surface area contributed by atoms with Gasteiger partial charge < -0.3 is 10.1 Å². The fourth-order valence-electron chi connectivity index (χ4n) is 3.93. The second kappa shape index (κ2) is 9.08. The predicted octanol–water partition coefficient (Wildman–Crippen LogP) is 3.99. The number of anilines is 1. The number of carbonyl (C=O) groups excluding carboxylic acids is 1. The van der Waals surface area contributed by atoms with Crippen LogP contribution in [0.4, 0.5) is 10.2 Å². The third kappa shape index (κ3) is 4.48. The number of nitriles is 1. The van der Waals surface area contributed by atoms with Crippen LogP contribution in [0.3, 0.4) is 0 Å². The van der Waals surface area contributed by atoms with Crippen LogP contribution in [-0.2, 0) is 4.74 Å². The van der Waals surface area contributed by atoms with E-state index in [-0.39, 0.29) is 18.2 Å². The molecule has 31 heavy (non-hydrogen) atoms. The van der Waals surface area contributed by atoms with Gasteiger partial charge in [-0.3, -0.25) is 4.40 Å². The molecular weight excluding hydrogens is 399 g/mol. The number of pyridine rings is 1. The van der Waals surface area contributed by atoms with Crippen LogP contribution in [0, 0.1) is 23.1 Å². The summed E-state index contributed by atoms with van der Waals surface area (Å²) in [6.45, 7) is 1.98. The topological polar surface area (TPSA) is 105 Å². The number of imidazole rings is 1. The summed E-state index contributed by atoms with van der Waals surface area (Å²) < 4.78 is 20.5. The Morgan fingerprint density at radius 3 is 2.84 bits per heavy atom. The summed E-state index contributed by atoms with van der Waals surface area (Å²) in [5.41, 5.74) is 1.34. The first-order chi connectivity index (χ1) is 15.1. The number of halogens is 1. The van der Waals surface area contributed by atoms with Crippen LogP contribution < -0.4 is 5.32 Å². The van der Waals surface area contributed by atoms with E-state index in [1.807, 2.05) is 0 Å². The van der Waals surface area contributed by atoms with Gasteiger partial charge in [0.1, 0.15) is 28.5 Å². The molecule has 0 radical (unpaired) electrons. The number of hydrogen-bond acceptors (Lipinski definition) is 7. The van der Waals surface area contributed by atoms with Crippen molar-refractivity contribution in [1.82, 2.24) is 19.4 Å². The van der Waals surface area contributed by atoms with Crippen molar-refractivity contribution in [3.05, 3.63) is 42.1 Å². The largest absolute Gasteiger partial charge is 0.462 e. The van der Waals surface area contributed by atoms with E-state index < -0.39 is 11.8 Å². The number of hydrogen-bond donors (Lipinski definition) is 1. The number of rotatable bonds is 6. The molecule has 1 N–H and O–H groups in total. The lowest BCUT2D eigenvalue weighted by atomic mass is 9.84. The van der Waals surface area contributed by atoms with Gasteiger partial charge in [-0.15, -0.1) is 0 Å². The number of aromatic nitrogens is 4. The highest BCUT2D eigenvalue weighted by Gasteiger charge is 2.24. The van der Waals surface area contributed by atoms with Gasteiger partial charge in [0.15, 0.2) is 5.82 Å². The lowest BCUT2D eigenvalue weighted by Crippen LogP contribution is -2.27. The monoisotopic (exact) mass is 422 g/mol. The zero-order valence-electron chi connectivity index (χ0n) is 17.2. The maximum atomic E-state index is 13.8. The van der Waals surface area contributed by atoms with Crippen molar-refractivity contribution in [3.8, 4) is 17.6 Å². The quantitative estimate of drug-likeness (QED) is 0.599. The molecular formula is C22H23FN6O2. The van der Waals surface area contributed by atoms with Crippen molar-refractivity contribution in [3.63, 3.8) is 0 Å². The fraction of sp³-hybridized carbons (Fsp3) is 0.409. The first kappa shape index (κ1) is 20.7. The van der Waals surface area contributed by atoms with Gasteiger partial charge in [0.2, 0.25) is 0 Å². The zero-order valence-corrected chi connectivity index (χ0v) is 17.2. The first-order valence-corrected chi connectivity index (χ1v) is 10.4. The van der Waals surface area contributed by atoms with E-state index >= 15 is 0 Å². The minimum atomic E-state index is -0.501. The molecule has 3 aromatic heterocycles. The lowest BCUT2D eigenvalue weighted by Gasteiger charge is -2.28. The van der Waals surface area contributed by atoms with Crippen molar-refractivity contribution in [2.24, 2.45) is 5.92 Å². The van der Waals surface area contributed by atoms with Crippen molar-refractivity contribution in [2.45, 2.75) is 45.1 Å². The number of esters is 1. The molecule has 0 aromatic carbocycles. The van der Waals surface area contributed by atoms with Gasteiger partial charge in [0.25, 0.3) is 0 Å². The highest BCUT2D eigenvalue weighted by atomic mass is 19.1. The molecule has 0 saturated heterocycles. The van der Waals surface area contributed by atoms with Gasteiger partial charge in [0.05, 0.1) is 18.9 Å². The molecule has 0 aliphatic heterocycles.